The van der Waals surface area contributed by atoms with Crippen molar-refractivity contribution in [3.63, 3.8) is 0 Å². The SMILES string of the molecule is CCCCCCCCOC(=O)C(=O)OC(CCCCCCC)N(c1ccccc1)c1ccccc1. The Morgan fingerprint density at radius 2 is 1.14 bits per heavy atom. The van der Waals surface area contributed by atoms with E-state index in [1.165, 1.54) is 32.1 Å². The van der Waals surface area contributed by atoms with Gasteiger partial charge in [-0.1, -0.05) is 108 Å². The fraction of sp³-hybridized carbons (Fsp3) is 0.533. The Bertz CT molecular complexity index is 785. The molecule has 2 rings (SSSR count). The Labute approximate surface area is 211 Å². The Morgan fingerprint density at radius 1 is 0.657 bits per heavy atom. The van der Waals surface area contributed by atoms with Crippen LogP contribution in [0.2, 0.25) is 0 Å². The molecule has 0 aliphatic rings. The maximum Gasteiger partial charge on any atom is 0.419 e. The van der Waals surface area contributed by atoms with E-state index >= 15 is 0 Å². The second kappa shape index (κ2) is 17.6. The summed E-state index contributed by atoms with van der Waals surface area (Å²) in [6, 6.07) is 19.7. The number of ether oxygens (including phenoxy) is 2. The summed E-state index contributed by atoms with van der Waals surface area (Å²) in [5.74, 6) is -1.83. The minimum atomic E-state index is -0.925. The van der Waals surface area contributed by atoms with Gasteiger partial charge in [-0.05, 0) is 37.1 Å². The summed E-state index contributed by atoms with van der Waals surface area (Å²) in [6.07, 6.45) is 12.0. The van der Waals surface area contributed by atoms with Crippen LogP contribution in [0, 0.1) is 0 Å². The van der Waals surface area contributed by atoms with Crippen LogP contribution in [0.3, 0.4) is 0 Å². The number of para-hydroxylation sites is 2. The maximum absolute atomic E-state index is 12.7. The normalized spacial score (nSPS) is 11.6. The lowest BCUT2D eigenvalue weighted by Gasteiger charge is -2.33. The van der Waals surface area contributed by atoms with E-state index < -0.39 is 18.2 Å². The fourth-order valence-corrected chi connectivity index (χ4v) is 4.10. The van der Waals surface area contributed by atoms with Gasteiger partial charge in [0.25, 0.3) is 0 Å². The maximum atomic E-state index is 12.7. The molecule has 0 bridgehead atoms. The average molecular weight is 482 g/mol. The summed E-state index contributed by atoms with van der Waals surface area (Å²) in [5.41, 5.74) is 1.82. The zero-order valence-corrected chi connectivity index (χ0v) is 21.6. The van der Waals surface area contributed by atoms with Gasteiger partial charge in [0.1, 0.15) is 0 Å². The summed E-state index contributed by atoms with van der Waals surface area (Å²) in [6.45, 7) is 4.62. The third kappa shape index (κ3) is 11.0. The van der Waals surface area contributed by atoms with Crippen molar-refractivity contribution in [2.24, 2.45) is 0 Å². The summed E-state index contributed by atoms with van der Waals surface area (Å²) in [4.78, 5) is 27.1. The average Bonchev–Trinajstić information content (AvgIpc) is 2.89. The van der Waals surface area contributed by atoms with Crippen molar-refractivity contribution in [2.75, 3.05) is 11.5 Å². The molecule has 0 saturated heterocycles. The van der Waals surface area contributed by atoms with Crippen molar-refractivity contribution in [1.82, 2.24) is 0 Å². The summed E-state index contributed by atoms with van der Waals surface area (Å²) in [7, 11) is 0. The molecule has 0 spiro atoms. The van der Waals surface area contributed by atoms with Gasteiger partial charge in [0.15, 0.2) is 6.23 Å². The molecule has 0 aliphatic carbocycles. The molecule has 0 fully saturated rings. The molecule has 5 nitrogen and oxygen atoms in total. The molecular formula is C30H43NO4. The molecule has 0 N–H and O–H groups in total. The third-order valence-corrected chi connectivity index (χ3v) is 6.05. The first-order valence-corrected chi connectivity index (χ1v) is 13.4. The standard InChI is InChI=1S/C30H43NO4/c1-3-5-7-9-11-19-25-34-29(32)30(33)35-28(24-18-10-8-6-4-2)31(26-20-14-12-15-21-26)27-22-16-13-17-23-27/h12-17,20-23,28H,3-11,18-19,24-25H2,1-2H3. The Hall–Kier alpha value is -2.82. The van der Waals surface area contributed by atoms with E-state index in [-0.39, 0.29) is 6.61 Å². The van der Waals surface area contributed by atoms with Gasteiger partial charge in [-0.2, -0.15) is 0 Å². The zero-order chi connectivity index (χ0) is 25.1. The number of esters is 2. The first-order chi connectivity index (χ1) is 17.2. The highest BCUT2D eigenvalue weighted by molar-refractivity contribution is 6.29. The topological polar surface area (TPSA) is 55.8 Å². The number of hydrogen-bond acceptors (Lipinski definition) is 5. The Balaban J connectivity index is 2.06. The van der Waals surface area contributed by atoms with Crippen molar-refractivity contribution in [2.45, 2.75) is 97.1 Å². The van der Waals surface area contributed by atoms with Crippen molar-refractivity contribution in [3.05, 3.63) is 60.7 Å². The van der Waals surface area contributed by atoms with Crippen LogP contribution in [-0.4, -0.2) is 24.8 Å². The van der Waals surface area contributed by atoms with E-state index in [0.29, 0.717) is 6.42 Å². The van der Waals surface area contributed by atoms with Crippen molar-refractivity contribution >= 4 is 23.3 Å². The molecule has 0 aliphatic heterocycles. The van der Waals surface area contributed by atoms with E-state index in [0.717, 1.165) is 49.9 Å². The summed E-state index contributed by atoms with van der Waals surface area (Å²) < 4.78 is 11.0. The second-order valence-electron chi connectivity index (χ2n) is 9.01. The molecule has 0 radical (unpaired) electrons. The zero-order valence-electron chi connectivity index (χ0n) is 21.6. The molecule has 0 heterocycles. The molecule has 1 atom stereocenters. The van der Waals surface area contributed by atoms with E-state index in [2.05, 4.69) is 13.8 Å². The van der Waals surface area contributed by atoms with E-state index in [9.17, 15) is 9.59 Å². The summed E-state index contributed by atoms with van der Waals surface area (Å²) >= 11 is 0. The highest BCUT2D eigenvalue weighted by Gasteiger charge is 2.28. The highest BCUT2D eigenvalue weighted by atomic mass is 16.6. The molecule has 2 aromatic carbocycles. The number of nitrogens with zero attached hydrogens (tertiary/aromatic N) is 1. The van der Waals surface area contributed by atoms with Gasteiger partial charge in [0, 0.05) is 17.8 Å². The van der Waals surface area contributed by atoms with Gasteiger partial charge >= 0.3 is 11.9 Å². The lowest BCUT2D eigenvalue weighted by atomic mass is 10.1. The molecule has 2 aromatic rings. The van der Waals surface area contributed by atoms with Crippen LogP contribution in [0.4, 0.5) is 11.4 Å². The lowest BCUT2D eigenvalue weighted by Crippen LogP contribution is -2.38. The predicted octanol–water partition coefficient (Wildman–Crippen LogP) is 7.96. The van der Waals surface area contributed by atoms with Crippen LogP contribution in [0.1, 0.15) is 90.9 Å². The first kappa shape index (κ1) is 28.4. The number of hydrogen-bond donors (Lipinski definition) is 0. The van der Waals surface area contributed by atoms with Crippen LogP contribution in [0.15, 0.2) is 60.7 Å². The number of anilines is 2. The van der Waals surface area contributed by atoms with Gasteiger partial charge < -0.3 is 14.4 Å². The van der Waals surface area contributed by atoms with Gasteiger partial charge in [0.2, 0.25) is 0 Å². The molecule has 5 heteroatoms. The second-order valence-corrected chi connectivity index (χ2v) is 9.01. The number of rotatable bonds is 17. The van der Waals surface area contributed by atoms with Crippen LogP contribution in [0.5, 0.6) is 0 Å². The van der Waals surface area contributed by atoms with E-state index in [4.69, 9.17) is 9.47 Å². The minimum Gasteiger partial charge on any atom is -0.457 e. The number of benzene rings is 2. The van der Waals surface area contributed by atoms with Crippen LogP contribution < -0.4 is 4.90 Å². The van der Waals surface area contributed by atoms with E-state index in [1.54, 1.807) is 0 Å². The Kier molecular flexibility index (Phi) is 14.3. The highest BCUT2D eigenvalue weighted by Crippen LogP contribution is 2.30. The quantitative estimate of drug-likeness (QED) is 0.0992. The third-order valence-electron chi connectivity index (χ3n) is 6.05. The van der Waals surface area contributed by atoms with Gasteiger partial charge in [-0.25, -0.2) is 9.59 Å². The van der Waals surface area contributed by atoms with Gasteiger partial charge in [-0.3, -0.25) is 0 Å². The molecule has 0 saturated carbocycles. The van der Waals surface area contributed by atoms with Crippen LogP contribution in [-0.2, 0) is 19.1 Å². The number of carbonyl (C=O) groups excluding carboxylic acids is 2. The summed E-state index contributed by atoms with van der Waals surface area (Å²) in [5, 5.41) is 0. The van der Waals surface area contributed by atoms with E-state index in [1.807, 2.05) is 65.6 Å². The number of carbonyl (C=O) groups is 2. The van der Waals surface area contributed by atoms with Crippen molar-refractivity contribution in [1.29, 1.82) is 0 Å². The molecule has 192 valence electrons. The Morgan fingerprint density at radius 3 is 1.69 bits per heavy atom. The molecule has 0 aromatic heterocycles. The van der Waals surface area contributed by atoms with Crippen LogP contribution in [0.25, 0.3) is 0 Å². The molecule has 35 heavy (non-hydrogen) atoms. The largest absolute Gasteiger partial charge is 0.457 e. The fourth-order valence-electron chi connectivity index (χ4n) is 4.10. The minimum absolute atomic E-state index is 0.253. The van der Waals surface area contributed by atoms with Crippen LogP contribution >= 0.6 is 0 Å². The lowest BCUT2D eigenvalue weighted by molar-refractivity contribution is -0.171. The van der Waals surface area contributed by atoms with Crippen molar-refractivity contribution in [3.8, 4) is 0 Å². The number of unbranched alkanes of at least 4 members (excludes halogenated alkanes) is 9. The first-order valence-electron chi connectivity index (χ1n) is 13.4. The molecular weight excluding hydrogens is 438 g/mol. The smallest absolute Gasteiger partial charge is 0.419 e. The van der Waals surface area contributed by atoms with Gasteiger partial charge in [0.05, 0.1) is 6.61 Å². The predicted molar refractivity (Wildman–Crippen MR) is 143 cm³/mol. The monoisotopic (exact) mass is 481 g/mol. The molecule has 1 unspecified atom stereocenters. The van der Waals surface area contributed by atoms with Crippen molar-refractivity contribution < 1.29 is 19.1 Å². The van der Waals surface area contributed by atoms with Gasteiger partial charge in [-0.15, -0.1) is 0 Å². The molecule has 0 amide bonds.